The molecule has 1 saturated heterocycles. The van der Waals surface area contributed by atoms with Gasteiger partial charge in [-0.3, -0.25) is 4.21 Å². The van der Waals surface area contributed by atoms with E-state index in [4.69, 9.17) is 0 Å². The second-order valence-corrected chi connectivity index (χ2v) is 7.44. The Hall–Kier alpha value is -1.17. The van der Waals surface area contributed by atoms with E-state index in [1.165, 1.54) is 0 Å². The van der Waals surface area contributed by atoms with Crippen molar-refractivity contribution in [2.24, 2.45) is 0 Å². The zero-order chi connectivity index (χ0) is 14.8. The van der Waals surface area contributed by atoms with Crippen molar-refractivity contribution in [3.63, 3.8) is 0 Å². The van der Waals surface area contributed by atoms with Crippen LogP contribution >= 0.6 is 0 Å². The normalized spacial score (nSPS) is 21.8. The van der Waals surface area contributed by atoms with Gasteiger partial charge >= 0.3 is 0 Å². The topological polar surface area (TPSA) is 49.3 Å². The maximum absolute atomic E-state index is 12.4. The summed E-state index contributed by atoms with van der Waals surface area (Å²) in [5.74, 6) is 2.36. The third-order valence-electron chi connectivity index (χ3n) is 4.17. The van der Waals surface area contributed by atoms with Crippen LogP contribution in [0.2, 0.25) is 0 Å². The zero-order valence-corrected chi connectivity index (χ0v) is 13.6. The second-order valence-electron chi connectivity index (χ2n) is 5.47. The van der Waals surface area contributed by atoms with Crippen LogP contribution in [-0.4, -0.2) is 51.9 Å². The van der Waals surface area contributed by atoms with E-state index in [1.807, 2.05) is 25.1 Å². The first-order valence-corrected chi connectivity index (χ1v) is 8.48. The molecule has 6 heteroatoms. The van der Waals surface area contributed by atoms with E-state index in [0.717, 1.165) is 37.7 Å². The lowest BCUT2D eigenvalue weighted by Gasteiger charge is -2.41. The molecule has 1 aliphatic heterocycles. The van der Waals surface area contributed by atoms with Crippen LogP contribution in [0, 0.1) is 0 Å². The predicted octanol–water partition coefficient (Wildman–Crippen LogP) is 1.67. The first-order valence-electron chi connectivity index (χ1n) is 7.16. The highest BCUT2D eigenvalue weighted by atomic mass is 32.2. The van der Waals surface area contributed by atoms with Gasteiger partial charge in [0.25, 0.3) is 0 Å². The standard InChI is InChI=1S/C14H24N4OS/c1-5-14(6-2)11-18(9-10-20(14)19)13-15-8-7-12(16-13)17(3)4/h7-8H,5-6,9-11H2,1-4H3. The van der Waals surface area contributed by atoms with Gasteiger partial charge in [-0.2, -0.15) is 4.98 Å². The van der Waals surface area contributed by atoms with Crippen molar-refractivity contribution in [3.05, 3.63) is 12.3 Å². The highest BCUT2D eigenvalue weighted by molar-refractivity contribution is 7.86. The second kappa shape index (κ2) is 6.08. The van der Waals surface area contributed by atoms with Crippen molar-refractivity contribution < 1.29 is 4.21 Å². The van der Waals surface area contributed by atoms with E-state index in [2.05, 4.69) is 28.7 Å². The van der Waals surface area contributed by atoms with Crippen LogP contribution in [0.15, 0.2) is 12.3 Å². The fourth-order valence-electron chi connectivity index (χ4n) is 2.62. The summed E-state index contributed by atoms with van der Waals surface area (Å²) in [5.41, 5.74) is 0. The van der Waals surface area contributed by atoms with Crippen LogP contribution in [0.1, 0.15) is 26.7 Å². The van der Waals surface area contributed by atoms with Gasteiger partial charge < -0.3 is 9.80 Å². The Kier molecular flexibility index (Phi) is 4.62. The van der Waals surface area contributed by atoms with Gasteiger partial charge in [-0.05, 0) is 18.9 Å². The van der Waals surface area contributed by atoms with Gasteiger partial charge in [0.2, 0.25) is 5.95 Å². The fourth-order valence-corrected chi connectivity index (χ4v) is 4.38. The molecular weight excluding hydrogens is 272 g/mol. The summed E-state index contributed by atoms with van der Waals surface area (Å²) in [7, 11) is 3.19. The Morgan fingerprint density at radius 3 is 2.70 bits per heavy atom. The molecule has 1 aliphatic rings. The first kappa shape index (κ1) is 15.2. The average Bonchev–Trinajstić information content (AvgIpc) is 2.48. The third kappa shape index (κ3) is 2.80. The SMILES string of the molecule is CCC1(CC)CN(c2nccc(N(C)C)n2)CCS1=O. The molecule has 0 spiro atoms. The molecule has 5 nitrogen and oxygen atoms in total. The first-order chi connectivity index (χ1) is 9.52. The average molecular weight is 296 g/mol. The van der Waals surface area contributed by atoms with Crippen molar-refractivity contribution in [1.82, 2.24) is 9.97 Å². The lowest BCUT2D eigenvalue weighted by atomic mass is 10.0. The summed E-state index contributed by atoms with van der Waals surface area (Å²) in [6.07, 6.45) is 3.66. The maximum atomic E-state index is 12.4. The Morgan fingerprint density at radius 1 is 1.40 bits per heavy atom. The minimum absolute atomic E-state index is 0.115. The van der Waals surface area contributed by atoms with Crippen LogP contribution in [0.3, 0.4) is 0 Å². The fraction of sp³-hybridized carbons (Fsp3) is 0.714. The maximum Gasteiger partial charge on any atom is 0.227 e. The van der Waals surface area contributed by atoms with Crippen LogP contribution in [0.5, 0.6) is 0 Å². The summed E-state index contributed by atoms with van der Waals surface area (Å²) >= 11 is 0. The van der Waals surface area contributed by atoms with E-state index in [-0.39, 0.29) is 4.75 Å². The molecule has 0 aromatic carbocycles. The number of hydrogen-bond acceptors (Lipinski definition) is 5. The van der Waals surface area contributed by atoms with E-state index in [0.29, 0.717) is 5.75 Å². The van der Waals surface area contributed by atoms with Gasteiger partial charge in [0.15, 0.2) is 0 Å². The molecule has 1 fully saturated rings. The van der Waals surface area contributed by atoms with Crippen molar-refractivity contribution >= 4 is 22.6 Å². The predicted molar refractivity (Wildman–Crippen MR) is 84.9 cm³/mol. The van der Waals surface area contributed by atoms with Crippen LogP contribution < -0.4 is 9.80 Å². The molecule has 20 heavy (non-hydrogen) atoms. The van der Waals surface area contributed by atoms with Crippen LogP contribution in [-0.2, 0) is 10.8 Å². The molecule has 1 aromatic heterocycles. The Labute approximate surface area is 123 Å². The van der Waals surface area contributed by atoms with Crippen LogP contribution in [0.4, 0.5) is 11.8 Å². The van der Waals surface area contributed by atoms with Crippen molar-refractivity contribution in [3.8, 4) is 0 Å². The number of rotatable bonds is 4. The molecule has 2 heterocycles. The molecule has 0 N–H and O–H groups in total. The smallest absolute Gasteiger partial charge is 0.227 e. The molecule has 0 amide bonds. The summed E-state index contributed by atoms with van der Waals surface area (Å²) in [6.45, 7) is 5.80. The summed E-state index contributed by atoms with van der Waals surface area (Å²) in [6, 6.07) is 1.90. The van der Waals surface area contributed by atoms with E-state index < -0.39 is 10.8 Å². The highest BCUT2D eigenvalue weighted by Crippen LogP contribution is 2.30. The largest absolute Gasteiger partial charge is 0.363 e. The monoisotopic (exact) mass is 296 g/mol. The summed E-state index contributed by atoms with van der Waals surface area (Å²) < 4.78 is 12.3. The molecule has 0 saturated carbocycles. The lowest BCUT2D eigenvalue weighted by molar-refractivity contribution is 0.492. The van der Waals surface area contributed by atoms with Crippen LogP contribution in [0.25, 0.3) is 0 Å². The third-order valence-corrected chi connectivity index (χ3v) is 6.39. The Morgan fingerprint density at radius 2 is 2.10 bits per heavy atom. The molecule has 1 unspecified atom stereocenters. The lowest BCUT2D eigenvalue weighted by Crippen LogP contribution is -2.53. The van der Waals surface area contributed by atoms with Crippen molar-refractivity contribution in [2.45, 2.75) is 31.4 Å². The molecular formula is C14H24N4OS. The summed E-state index contributed by atoms with van der Waals surface area (Å²) in [5, 5.41) is 0. The minimum atomic E-state index is -0.753. The van der Waals surface area contributed by atoms with Gasteiger partial charge in [0.1, 0.15) is 5.82 Å². The quantitative estimate of drug-likeness (QED) is 0.846. The number of aromatic nitrogens is 2. The number of hydrogen-bond donors (Lipinski definition) is 0. The molecule has 112 valence electrons. The van der Waals surface area contributed by atoms with Crippen molar-refractivity contribution in [2.75, 3.05) is 42.7 Å². The zero-order valence-electron chi connectivity index (χ0n) is 12.8. The summed E-state index contributed by atoms with van der Waals surface area (Å²) in [4.78, 5) is 13.1. The highest BCUT2D eigenvalue weighted by Gasteiger charge is 2.39. The Bertz CT molecular complexity index is 488. The van der Waals surface area contributed by atoms with Gasteiger partial charge in [-0.1, -0.05) is 13.8 Å². The van der Waals surface area contributed by atoms with Gasteiger partial charge in [0.05, 0.1) is 4.75 Å². The molecule has 0 bridgehead atoms. The van der Waals surface area contributed by atoms with Gasteiger partial charge in [-0.25, -0.2) is 4.98 Å². The van der Waals surface area contributed by atoms with E-state index in [1.54, 1.807) is 6.20 Å². The van der Waals surface area contributed by atoms with E-state index >= 15 is 0 Å². The molecule has 1 atom stereocenters. The molecule has 2 rings (SSSR count). The van der Waals surface area contributed by atoms with E-state index in [9.17, 15) is 4.21 Å². The van der Waals surface area contributed by atoms with Gasteiger partial charge in [-0.15, -0.1) is 0 Å². The Balaban J connectivity index is 2.25. The molecule has 0 radical (unpaired) electrons. The van der Waals surface area contributed by atoms with Gasteiger partial charge in [0, 0.05) is 49.9 Å². The number of anilines is 2. The molecule has 0 aliphatic carbocycles. The molecule has 1 aromatic rings. The number of nitrogens with zero attached hydrogens (tertiary/aromatic N) is 4. The van der Waals surface area contributed by atoms with Crippen molar-refractivity contribution in [1.29, 1.82) is 0 Å². The minimum Gasteiger partial charge on any atom is -0.363 e.